The molecule has 0 aliphatic heterocycles. The van der Waals surface area contributed by atoms with E-state index in [-0.39, 0.29) is 17.4 Å². The van der Waals surface area contributed by atoms with Crippen LogP contribution in [0.15, 0.2) is 24.3 Å². The summed E-state index contributed by atoms with van der Waals surface area (Å²) >= 11 is 0. The maximum absolute atomic E-state index is 12.1. The lowest BCUT2D eigenvalue weighted by Crippen LogP contribution is -2.41. The van der Waals surface area contributed by atoms with Gasteiger partial charge in [0.15, 0.2) is 0 Å². The Morgan fingerprint density at radius 2 is 1.95 bits per heavy atom. The van der Waals surface area contributed by atoms with Crippen LogP contribution in [0, 0.1) is 12.3 Å². The number of carbonyl (C=O) groups excluding carboxylic acids is 1. The molecule has 0 aliphatic rings. The fourth-order valence-corrected chi connectivity index (χ4v) is 2.26. The number of rotatable bonds is 7. The molecule has 118 valence electrons. The normalized spacial score (nSPS) is 13.0. The minimum atomic E-state index is -0.0473. The number of carbonyl (C=O) groups is 1. The molecule has 0 saturated heterocycles. The van der Waals surface area contributed by atoms with Crippen molar-refractivity contribution in [3.63, 3.8) is 0 Å². The molecule has 2 N–H and O–H groups in total. The largest absolute Gasteiger partial charge is 0.383 e. The van der Waals surface area contributed by atoms with Crippen molar-refractivity contribution >= 4 is 5.91 Å². The summed E-state index contributed by atoms with van der Waals surface area (Å²) in [6.07, 6.45) is 0. The van der Waals surface area contributed by atoms with E-state index in [4.69, 9.17) is 4.74 Å². The van der Waals surface area contributed by atoms with Gasteiger partial charge in [-0.25, -0.2) is 0 Å². The first-order valence-electron chi connectivity index (χ1n) is 7.41. The molecule has 4 nitrogen and oxygen atoms in total. The first kappa shape index (κ1) is 17.7. The fourth-order valence-electron chi connectivity index (χ4n) is 2.26. The van der Waals surface area contributed by atoms with Crippen LogP contribution in [0.2, 0.25) is 0 Å². The number of nitrogens with one attached hydrogen (secondary N) is 2. The van der Waals surface area contributed by atoms with Crippen LogP contribution in [0.1, 0.15) is 37.9 Å². The Balaban J connectivity index is 2.73. The van der Waals surface area contributed by atoms with Crippen molar-refractivity contribution in [3.8, 4) is 0 Å². The number of amides is 1. The van der Waals surface area contributed by atoms with E-state index in [1.54, 1.807) is 7.11 Å². The van der Waals surface area contributed by atoms with Crippen molar-refractivity contribution in [2.24, 2.45) is 5.41 Å². The first-order chi connectivity index (χ1) is 9.86. The quantitative estimate of drug-likeness (QED) is 0.759. The second-order valence-electron chi connectivity index (χ2n) is 6.39. The molecule has 1 amide bonds. The van der Waals surface area contributed by atoms with Crippen LogP contribution >= 0.6 is 0 Å². The van der Waals surface area contributed by atoms with Gasteiger partial charge in [-0.15, -0.1) is 0 Å². The Morgan fingerprint density at radius 1 is 1.29 bits per heavy atom. The van der Waals surface area contributed by atoms with Crippen LogP contribution in [0.4, 0.5) is 0 Å². The van der Waals surface area contributed by atoms with Gasteiger partial charge in [0.1, 0.15) is 0 Å². The Hall–Kier alpha value is -1.39. The molecule has 0 bridgehead atoms. The predicted octanol–water partition coefficient (Wildman–Crippen LogP) is 2.43. The lowest BCUT2D eigenvalue weighted by atomic mass is 9.81. The second-order valence-corrected chi connectivity index (χ2v) is 6.39. The third kappa shape index (κ3) is 5.86. The second kappa shape index (κ2) is 8.15. The van der Waals surface area contributed by atoms with E-state index < -0.39 is 0 Å². The molecule has 0 saturated carbocycles. The Bertz CT molecular complexity index is 452. The fraction of sp³-hybridized carbons (Fsp3) is 0.588. The lowest BCUT2D eigenvalue weighted by molar-refractivity contribution is -0.121. The van der Waals surface area contributed by atoms with Gasteiger partial charge >= 0.3 is 0 Å². The summed E-state index contributed by atoms with van der Waals surface area (Å²) in [5.74, 6) is 0.00859. The number of hydrogen-bond donors (Lipinski definition) is 2. The van der Waals surface area contributed by atoms with E-state index in [2.05, 4.69) is 50.5 Å². The van der Waals surface area contributed by atoms with Gasteiger partial charge < -0.3 is 15.4 Å². The molecule has 1 atom stereocenters. The molecule has 1 aromatic rings. The van der Waals surface area contributed by atoms with Crippen molar-refractivity contribution in [2.75, 3.05) is 26.8 Å². The molecule has 0 fully saturated rings. The predicted molar refractivity (Wildman–Crippen MR) is 86.3 cm³/mol. The maximum atomic E-state index is 12.1. The number of methoxy groups -OCH3 is 1. The molecule has 0 aromatic heterocycles. The SMILES string of the molecule is COCCNCC(=O)NC(c1ccccc1C)C(C)(C)C. The van der Waals surface area contributed by atoms with Crippen molar-refractivity contribution in [1.82, 2.24) is 10.6 Å². The van der Waals surface area contributed by atoms with Crippen molar-refractivity contribution in [2.45, 2.75) is 33.7 Å². The summed E-state index contributed by atoms with van der Waals surface area (Å²) in [5, 5.41) is 6.22. The monoisotopic (exact) mass is 292 g/mol. The van der Waals surface area contributed by atoms with Gasteiger partial charge in [0.2, 0.25) is 5.91 Å². The summed E-state index contributed by atoms with van der Waals surface area (Å²) in [6, 6.07) is 8.20. The van der Waals surface area contributed by atoms with Gasteiger partial charge in [-0.1, -0.05) is 45.0 Å². The first-order valence-corrected chi connectivity index (χ1v) is 7.41. The summed E-state index contributed by atoms with van der Waals surface area (Å²) in [6.45, 7) is 10.1. The molecule has 4 heteroatoms. The molecule has 1 rings (SSSR count). The maximum Gasteiger partial charge on any atom is 0.234 e. The highest BCUT2D eigenvalue weighted by molar-refractivity contribution is 5.78. The zero-order valence-electron chi connectivity index (χ0n) is 13.8. The van der Waals surface area contributed by atoms with Crippen LogP contribution in [0.25, 0.3) is 0 Å². The zero-order valence-corrected chi connectivity index (χ0v) is 13.8. The van der Waals surface area contributed by atoms with Crippen molar-refractivity contribution in [3.05, 3.63) is 35.4 Å². The van der Waals surface area contributed by atoms with Gasteiger partial charge in [-0.2, -0.15) is 0 Å². The molecule has 1 unspecified atom stereocenters. The molecule has 21 heavy (non-hydrogen) atoms. The van der Waals surface area contributed by atoms with Crippen LogP contribution < -0.4 is 10.6 Å². The highest BCUT2D eigenvalue weighted by Crippen LogP contribution is 2.34. The van der Waals surface area contributed by atoms with E-state index in [0.29, 0.717) is 19.7 Å². The third-order valence-electron chi connectivity index (χ3n) is 3.44. The highest BCUT2D eigenvalue weighted by atomic mass is 16.5. The third-order valence-corrected chi connectivity index (χ3v) is 3.44. The highest BCUT2D eigenvalue weighted by Gasteiger charge is 2.28. The summed E-state index contributed by atoms with van der Waals surface area (Å²) < 4.78 is 4.95. The molecule has 0 aliphatic carbocycles. The lowest BCUT2D eigenvalue weighted by Gasteiger charge is -2.33. The van der Waals surface area contributed by atoms with Gasteiger partial charge in [0.25, 0.3) is 0 Å². The summed E-state index contributed by atoms with van der Waals surface area (Å²) in [5.41, 5.74) is 2.33. The Labute approximate surface area is 128 Å². The average Bonchev–Trinajstić information content (AvgIpc) is 2.41. The van der Waals surface area contributed by atoms with E-state index in [1.165, 1.54) is 11.1 Å². The number of hydrogen-bond acceptors (Lipinski definition) is 3. The molecule has 1 aromatic carbocycles. The summed E-state index contributed by atoms with van der Waals surface area (Å²) in [7, 11) is 1.65. The van der Waals surface area contributed by atoms with Crippen molar-refractivity contribution < 1.29 is 9.53 Å². The van der Waals surface area contributed by atoms with E-state index in [0.717, 1.165) is 0 Å². The number of ether oxygens (including phenoxy) is 1. The molecule has 0 heterocycles. The molecular formula is C17H28N2O2. The molecule has 0 radical (unpaired) electrons. The van der Waals surface area contributed by atoms with E-state index in [1.807, 2.05) is 12.1 Å². The van der Waals surface area contributed by atoms with E-state index in [9.17, 15) is 4.79 Å². The van der Waals surface area contributed by atoms with Gasteiger partial charge in [-0.05, 0) is 23.5 Å². The van der Waals surface area contributed by atoms with Gasteiger partial charge in [0.05, 0.1) is 19.2 Å². The Kier molecular flexibility index (Phi) is 6.85. The van der Waals surface area contributed by atoms with Crippen LogP contribution in [0.5, 0.6) is 0 Å². The summed E-state index contributed by atoms with van der Waals surface area (Å²) in [4.78, 5) is 12.1. The zero-order chi connectivity index (χ0) is 15.9. The van der Waals surface area contributed by atoms with Gasteiger partial charge in [-0.3, -0.25) is 4.79 Å². The number of aryl methyl sites for hydroxylation is 1. The minimum absolute atomic E-state index is 0.00424. The minimum Gasteiger partial charge on any atom is -0.383 e. The van der Waals surface area contributed by atoms with Gasteiger partial charge in [0, 0.05) is 13.7 Å². The standard InChI is InChI=1S/C17H28N2O2/c1-13-8-6-7-9-14(13)16(17(2,3)4)19-15(20)12-18-10-11-21-5/h6-9,16,18H,10-12H2,1-5H3,(H,19,20). The van der Waals surface area contributed by atoms with Crippen LogP contribution in [-0.4, -0.2) is 32.7 Å². The molecular weight excluding hydrogens is 264 g/mol. The van der Waals surface area contributed by atoms with Crippen LogP contribution in [0.3, 0.4) is 0 Å². The Morgan fingerprint density at radius 3 is 2.52 bits per heavy atom. The smallest absolute Gasteiger partial charge is 0.234 e. The topological polar surface area (TPSA) is 50.4 Å². The average molecular weight is 292 g/mol. The van der Waals surface area contributed by atoms with Crippen molar-refractivity contribution in [1.29, 1.82) is 0 Å². The molecule has 0 spiro atoms. The number of benzene rings is 1. The van der Waals surface area contributed by atoms with Crippen LogP contribution in [-0.2, 0) is 9.53 Å². The van der Waals surface area contributed by atoms with E-state index >= 15 is 0 Å².